The summed E-state index contributed by atoms with van der Waals surface area (Å²) in [6, 6.07) is 7.87. The fourth-order valence-corrected chi connectivity index (χ4v) is 5.60. The Morgan fingerprint density at radius 3 is 2.64 bits per heavy atom. The predicted octanol–water partition coefficient (Wildman–Crippen LogP) is 5.57. The second kappa shape index (κ2) is 10.2. The molecule has 3 fully saturated rings. The number of hydrogen-bond acceptors (Lipinski definition) is 7. The quantitative estimate of drug-likeness (QED) is 0.368. The van der Waals surface area contributed by atoms with Crippen LogP contribution in [0.15, 0.2) is 30.6 Å². The van der Waals surface area contributed by atoms with E-state index in [-0.39, 0.29) is 21.8 Å². The van der Waals surface area contributed by atoms with Gasteiger partial charge in [-0.05, 0) is 63.4 Å². The van der Waals surface area contributed by atoms with Crippen LogP contribution in [0.1, 0.15) is 32.1 Å². The zero-order valence-electron chi connectivity index (χ0n) is 19.8. The molecule has 7 nitrogen and oxygen atoms in total. The van der Waals surface area contributed by atoms with Crippen LogP contribution in [0.25, 0.3) is 10.9 Å². The Kier molecular flexibility index (Phi) is 6.77. The lowest BCUT2D eigenvalue weighted by Crippen LogP contribution is -2.42. The highest BCUT2D eigenvalue weighted by atomic mass is 35.5. The summed E-state index contributed by atoms with van der Waals surface area (Å²) in [5, 5.41) is 7.42. The van der Waals surface area contributed by atoms with E-state index in [1.807, 2.05) is 12.1 Å². The molecule has 0 saturated carbocycles. The van der Waals surface area contributed by atoms with Crippen molar-refractivity contribution >= 4 is 45.6 Å². The summed E-state index contributed by atoms with van der Waals surface area (Å²) in [7, 11) is 0. The van der Waals surface area contributed by atoms with Gasteiger partial charge < -0.3 is 20.1 Å². The summed E-state index contributed by atoms with van der Waals surface area (Å²) >= 11 is 12.0. The van der Waals surface area contributed by atoms with Crippen molar-refractivity contribution in [3.8, 4) is 11.5 Å². The van der Waals surface area contributed by atoms with E-state index in [9.17, 15) is 4.39 Å². The van der Waals surface area contributed by atoms with Gasteiger partial charge in [0, 0.05) is 30.1 Å². The first-order chi connectivity index (χ1) is 17.5. The lowest BCUT2D eigenvalue weighted by atomic mass is 10.0. The molecule has 10 heteroatoms. The number of anilines is 2. The molecule has 6 rings (SSSR count). The first-order valence-corrected chi connectivity index (χ1v) is 13.3. The Labute approximate surface area is 219 Å². The molecule has 36 heavy (non-hydrogen) atoms. The fourth-order valence-electron chi connectivity index (χ4n) is 5.29. The lowest BCUT2D eigenvalue weighted by Gasteiger charge is -2.31. The molecule has 3 aliphatic heterocycles. The Morgan fingerprint density at radius 1 is 1.08 bits per heavy atom. The third kappa shape index (κ3) is 4.92. The second-order valence-electron chi connectivity index (χ2n) is 9.78. The Morgan fingerprint density at radius 2 is 1.89 bits per heavy atom. The summed E-state index contributed by atoms with van der Waals surface area (Å²) in [6.07, 6.45) is 7.10. The van der Waals surface area contributed by atoms with Crippen LogP contribution < -0.4 is 20.1 Å². The molecule has 1 aromatic heterocycles. The maximum Gasteiger partial charge on any atom is 0.166 e. The number of fused-ring (bicyclic) bond motifs is 3. The smallest absolute Gasteiger partial charge is 0.166 e. The van der Waals surface area contributed by atoms with Gasteiger partial charge in [0.2, 0.25) is 0 Å². The third-order valence-corrected chi connectivity index (χ3v) is 8.11. The monoisotopic (exact) mass is 531 g/mol. The Balaban J connectivity index is 1.31. The number of halogens is 3. The topological polar surface area (TPSA) is 71.5 Å². The van der Waals surface area contributed by atoms with Gasteiger partial charge in [-0.3, -0.25) is 4.90 Å². The largest absolute Gasteiger partial charge is 0.488 e. The SMILES string of the molecule is Fc1c(Nc2ncnc3cc(OCCN4CCC4)c(O[C@@H]4C[C@H]5CC[C@@H](C4)N5)cc23)ccc(Cl)c1Cl. The first-order valence-electron chi connectivity index (χ1n) is 12.5. The van der Waals surface area contributed by atoms with Crippen molar-refractivity contribution in [2.45, 2.75) is 50.3 Å². The summed E-state index contributed by atoms with van der Waals surface area (Å²) in [4.78, 5) is 11.2. The van der Waals surface area contributed by atoms with E-state index >= 15 is 0 Å². The molecule has 0 aliphatic carbocycles. The van der Waals surface area contributed by atoms with Gasteiger partial charge in [-0.15, -0.1) is 0 Å². The van der Waals surface area contributed by atoms with Crippen LogP contribution >= 0.6 is 23.2 Å². The van der Waals surface area contributed by atoms with Gasteiger partial charge in [-0.25, -0.2) is 14.4 Å². The number of aromatic nitrogens is 2. The number of nitrogens with zero attached hydrogens (tertiary/aromatic N) is 3. The van der Waals surface area contributed by atoms with Gasteiger partial charge in [0.05, 0.1) is 21.2 Å². The Hall–Kier alpha value is -2.39. The molecule has 2 bridgehead atoms. The van der Waals surface area contributed by atoms with E-state index in [4.69, 9.17) is 32.7 Å². The summed E-state index contributed by atoms with van der Waals surface area (Å²) in [5.74, 6) is 1.13. The molecule has 0 unspecified atom stereocenters. The van der Waals surface area contributed by atoms with E-state index in [0.29, 0.717) is 46.9 Å². The number of piperidine rings is 1. The molecular weight excluding hydrogens is 504 g/mol. The van der Waals surface area contributed by atoms with Crippen LogP contribution in [-0.4, -0.2) is 59.3 Å². The summed E-state index contributed by atoms with van der Waals surface area (Å²) < 4.78 is 27.5. The molecule has 3 aliphatic rings. The van der Waals surface area contributed by atoms with Gasteiger partial charge in [0.15, 0.2) is 17.3 Å². The van der Waals surface area contributed by atoms with Gasteiger partial charge in [0.25, 0.3) is 0 Å². The average molecular weight is 532 g/mol. The second-order valence-corrected chi connectivity index (χ2v) is 10.6. The van der Waals surface area contributed by atoms with Gasteiger partial charge in [0.1, 0.15) is 24.9 Å². The minimum Gasteiger partial charge on any atom is -0.488 e. The van der Waals surface area contributed by atoms with Crippen LogP contribution in [0.4, 0.5) is 15.9 Å². The zero-order valence-corrected chi connectivity index (χ0v) is 21.3. The van der Waals surface area contributed by atoms with E-state index in [2.05, 4.69) is 25.5 Å². The molecule has 190 valence electrons. The minimum atomic E-state index is -0.636. The molecule has 3 aromatic rings. The van der Waals surface area contributed by atoms with Crippen molar-refractivity contribution in [3.63, 3.8) is 0 Å². The van der Waals surface area contributed by atoms with Gasteiger partial charge >= 0.3 is 0 Å². The van der Waals surface area contributed by atoms with Crippen molar-refractivity contribution in [3.05, 3.63) is 46.5 Å². The number of likely N-dealkylation sites (tertiary alicyclic amines) is 1. The molecule has 0 radical (unpaired) electrons. The van der Waals surface area contributed by atoms with Gasteiger partial charge in [-0.2, -0.15) is 0 Å². The highest BCUT2D eigenvalue weighted by Gasteiger charge is 2.35. The average Bonchev–Trinajstić information content (AvgIpc) is 3.19. The molecule has 3 saturated heterocycles. The van der Waals surface area contributed by atoms with Crippen LogP contribution in [0.5, 0.6) is 11.5 Å². The number of rotatable bonds is 8. The molecular formula is C26H28Cl2FN5O2. The van der Waals surface area contributed by atoms with Crippen LogP contribution in [0.2, 0.25) is 10.0 Å². The van der Waals surface area contributed by atoms with E-state index < -0.39 is 5.82 Å². The first kappa shape index (κ1) is 24.0. The predicted molar refractivity (Wildman–Crippen MR) is 139 cm³/mol. The highest BCUT2D eigenvalue weighted by molar-refractivity contribution is 6.42. The summed E-state index contributed by atoms with van der Waals surface area (Å²) in [6.45, 7) is 3.69. The fraction of sp³-hybridized carbons (Fsp3) is 0.462. The van der Waals surface area contributed by atoms with Crippen LogP contribution in [0.3, 0.4) is 0 Å². The number of ether oxygens (including phenoxy) is 2. The maximum absolute atomic E-state index is 14.7. The number of benzene rings is 2. The van der Waals surface area contributed by atoms with E-state index in [1.165, 1.54) is 31.7 Å². The maximum atomic E-state index is 14.7. The van der Waals surface area contributed by atoms with Crippen molar-refractivity contribution < 1.29 is 13.9 Å². The van der Waals surface area contributed by atoms with E-state index in [1.54, 1.807) is 6.07 Å². The van der Waals surface area contributed by atoms with Crippen LogP contribution in [-0.2, 0) is 0 Å². The van der Waals surface area contributed by atoms with Crippen molar-refractivity contribution in [1.29, 1.82) is 0 Å². The van der Waals surface area contributed by atoms with Crippen molar-refractivity contribution in [1.82, 2.24) is 20.2 Å². The van der Waals surface area contributed by atoms with E-state index in [0.717, 1.165) is 32.5 Å². The molecule has 0 amide bonds. The summed E-state index contributed by atoms with van der Waals surface area (Å²) in [5.41, 5.74) is 0.848. The van der Waals surface area contributed by atoms with Gasteiger partial charge in [-0.1, -0.05) is 23.2 Å². The molecule has 2 aromatic carbocycles. The standard InChI is InChI=1S/C26H28Cl2FN5O2/c27-19-4-5-20(25(29)24(19)28)33-26-18-12-23(36-17-10-15-2-3-16(11-17)32-15)22(13-21(18)30-14-31-26)35-9-8-34-6-1-7-34/h4-5,12-17,32H,1-3,6-11H2,(H,30,31,33)/t15-,16+,17-. The lowest BCUT2D eigenvalue weighted by molar-refractivity contribution is 0.123. The van der Waals surface area contributed by atoms with Crippen molar-refractivity contribution in [2.75, 3.05) is 31.6 Å². The van der Waals surface area contributed by atoms with Crippen molar-refractivity contribution in [2.24, 2.45) is 0 Å². The molecule has 4 heterocycles. The molecule has 3 atom stereocenters. The molecule has 2 N–H and O–H groups in total. The van der Waals surface area contributed by atoms with Crippen LogP contribution in [0, 0.1) is 5.82 Å². The highest BCUT2D eigenvalue weighted by Crippen LogP contribution is 2.39. The minimum absolute atomic E-state index is 0.104. The normalized spacial score (nSPS) is 23.5. The molecule has 0 spiro atoms. The number of hydrogen-bond donors (Lipinski definition) is 2. The third-order valence-electron chi connectivity index (χ3n) is 7.33. The number of nitrogens with one attached hydrogen (secondary N) is 2. The Bertz CT molecular complexity index is 1260. The zero-order chi connectivity index (χ0) is 24.6.